The highest BCUT2D eigenvalue weighted by atomic mass is 32.2. The number of hydrogen-bond acceptors (Lipinski definition) is 5. The van der Waals surface area contributed by atoms with Gasteiger partial charge >= 0.3 is 0 Å². The summed E-state index contributed by atoms with van der Waals surface area (Å²) in [5, 5.41) is 15.2. The van der Waals surface area contributed by atoms with Crippen LogP contribution in [0.25, 0.3) is 5.69 Å². The molecule has 0 saturated carbocycles. The molecule has 7 heteroatoms. The van der Waals surface area contributed by atoms with Crippen LogP contribution in [0.4, 0.5) is 0 Å². The molecule has 2 atom stereocenters. The molecule has 1 aromatic carbocycles. The molecular weight excluding hydrogens is 274 g/mol. The largest absolute Gasteiger partial charge is 0.310 e. The van der Waals surface area contributed by atoms with Crippen molar-refractivity contribution in [2.45, 2.75) is 25.1 Å². The number of para-hydroxylation sites is 1. The second kappa shape index (κ2) is 7.25. The number of aromatic nitrogens is 4. The Labute approximate surface area is 121 Å². The topological polar surface area (TPSA) is 72.7 Å². The zero-order valence-corrected chi connectivity index (χ0v) is 12.5. The zero-order chi connectivity index (χ0) is 14.4. The summed E-state index contributed by atoms with van der Waals surface area (Å²) in [7, 11) is -0.770. The molecule has 0 bridgehead atoms. The van der Waals surface area contributed by atoms with Gasteiger partial charge in [-0.1, -0.05) is 25.1 Å². The summed E-state index contributed by atoms with van der Waals surface area (Å²) in [5.74, 6) is 0.765. The van der Waals surface area contributed by atoms with E-state index in [9.17, 15) is 4.21 Å². The smallest absolute Gasteiger partial charge is 0.170 e. The molecule has 0 fully saturated rings. The molecular formula is C13H19N5OS. The van der Waals surface area contributed by atoms with Crippen LogP contribution in [-0.2, 0) is 17.3 Å². The maximum absolute atomic E-state index is 11.3. The standard InChI is InChI=1S/C13H19N5OS/c1-11(20(2)19)8-9-14-10-13-15-16-17-18(13)12-6-4-3-5-7-12/h3-7,11,14H,8-10H2,1-2H3. The minimum Gasteiger partial charge on any atom is -0.310 e. The number of rotatable bonds is 7. The van der Waals surface area contributed by atoms with Crippen LogP contribution >= 0.6 is 0 Å². The Morgan fingerprint density at radius 1 is 1.35 bits per heavy atom. The van der Waals surface area contributed by atoms with Crippen LogP contribution in [-0.4, -0.2) is 42.5 Å². The molecule has 2 aromatic rings. The van der Waals surface area contributed by atoms with E-state index in [1.54, 1.807) is 10.9 Å². The van der Waals surface area contributed by atoms with Gasteiger partial charge in [0, 0.05) is 22.3 Å². The normalized spacial score (nSPS) is 14.1. The number of benzene rings is 1. The van der Waals surface area contributed by atoms with Crippen molar-refractivity contribution in [1.82, 2.24) is 25.5 Å². The third kappa shape index (κ3) is 3.94. The van der Waals surface area contributed by atoms with Crippen LogP contribution in [0.3, 0.4) is 0 Å². The Kier molecular flexibility index (Phi) is 5.37. The van der Waals surface area contributed by atoms with Gasteiger partial charge in [0.1, 0.15) is 0 Å². The molecule has 2 unspecified atom stereocenters. The molecule has 0 amide bonds. The molecule has 1 N–H and O–H groups in total. The molecule has 6 nitrogen and oxygen atoms in total. The number of hydrogen-bond donors (Lipinski definition) is 1. The molecule has 0 aliphatic carbocycles. The lowest BCUT2D eigenvalue weighted by Crippen LogP contribution is -2.22. The summed E-state index contributed by atoms with van der Waals surface area (Å²) in [5.41, 5.74) is 0.942. The number of nitrogens with one attached hydrogen (secondary N) is 1. The Bertz CT molecular complexity index is 557. The predicted molar refractivity (Wildman–Crippen MR) is 79.0 cm³/mol. The minimum absolute atomic E-state index is 0.201. The highest BCUT2D eigenvalue weighted by molar-refractivity contribution is 7.84. The zero-order valence-electron chi connectivity index (χ0n) is 11.7. The van der Waals surface area contributed by atoms with Gasteiger partial charge in [-0.2, -0.15) is 4.68 Å². The van der Waals surface area contributed by atoms with Crippen molar-refractivity contribution < 1.29 is 4.21 Å². The monoisotopic (exact) mass is 293 g/mol. The van der Waals surface area contributed by atoms with E-state index in [4.69, 9.17) is 0 Å². The van der Waals surface area contributed by atoms with Crippen molar-refractivity contribution >= 4 is 10.8 Å². The van der Waals surface area contributed by atoms with Crippen molar-refractivity contribution in [3.8, 4) is 5.69 Å². The molecule has 20 heavy (non-hydrogen) atoms. The molecule has 0 radical (unpaired) electrons. The summed E-state index contributed by atoms with van der Waals surface area (Å²) >= 11 is 0. The Morgan fingerprint density at radius 2 is 2.10 bits per heavy atom. The first-order chi connectivity index (χ1) is 9.68. The fourth-order valence-electron chi connectivity index (χ4n) is 1.76. The summed E-state index contributed by atoms with van der Waals surface area (Å²) in [6.07, 6.45) is 2.61. The molecule has 2 rings (SSSR count). The van der Waals surface area contributed by atoms with E-state index in [-0.39, 0.29) is 5.25 Å². The lowest BCUT2D eigenvalue weighted by molar-refractivity contribution is 0.605. The van der Waals surface area contributed by atoms with Crippen molar-refractivity contribution in [2.75, 3.05) is 12.8 Å². The average molecular weight is 293 g/mol. The van der Waals surface area contributed by atoms with Gasteiger partial charge in [-0.25, -0.2) is 0 Å². The summed E-state index contributed by atoms with van der Waals surface area (Å²) in [4.78, 5) is 0. The van der Waals surface area contributed by atoms with E-state index in [0.717, 1.165) is 24.5 Å². The SMILES string of the molecule is CC(CCNCc1nnnn1-c1ccccc1)S(C)=O. The van der Waals surface area contributed by atoms with Gasteiger partial charge in [0.25, 0.3) is 0 Å². The van der Waals surface area contributed by atoms with Gasteiger partial charge in [-0.3, -0.25) is 4.21 Å². The van der Waals surface area contributed by atoms with E-state index in [1.165, 1.54) is 0 Å². The minimum atomic E-state index is -0.770. The van der Waals surface area contributed by atoms with E-state index >= 15 is 0 Å². The molecule has 0 aliphatic rings. The van der Waals surface area contributed by atoms with Crippen LogP contribution in [0.1, 0.15) is 19.2 Å². The lowest BCUT2D eigenvalue weighted by Gasteiger charge is -2.09. The molecule has 1 heterocycles. The molecule has 0 aliphatic heterocycles. The first-order valence-corrected chi connectivity index (χ1v) is 8.16. The summed E-state index contributed by atoms with van der Waals surface area (Å²) in [6.45, 7) is 3.37. The van der Waals surface area contributed by atoms with E-state index in [0.29, 0.717) is 6.54 Å². The Hall–Kier alpha value is -1.60. The van der Waals surface area contributed by atoms with Crippen molar-refractivity contribution in [1.29, 1.82) is 0 Å². The second-order valence-electron chi connectivity index (χ2n) is 4.62. The van der Waals surface area contributed by atoms with Gasteiger partial charge in [0.05, 0.1) is 12.2 Å². The highest BCUT2D eigenvalue weighted by Gasteiger charge is 2.08. The Balaban J connectivity index is 1.89. The highest BCUT2D eigenvalue weighted by Crippen LogP contribution is 2.06. The molecule has 0 saturated heterocycles. The van der Waals surface area contributed by atoms with Gasteiger partial charge in [-0.05, 0) is 35.5 Å². The third-order valence-corrected chi connectivity index (χ3v) is 4.48. The predicted octanol–water partition coefficient (Wildman–Crippen LogP) is 0.909. The van der Waals surface area contributed by atoms with Crippen molar-refractivity contribution in [3.63, 3.8) is 0 Å². The summed E-state index contributed by atoms with van der Waals surface area (Å²) in [6, 6.07) is 9.78. The molecule has 0 spiro atoms. The fraction of sp³-hybridized carbons (Fsp3) is 0.462. The quantitative estimate of drug-likeness (QED) is 0.768. The van der Waals surface area contributed by atoms with E-state index in [1.807, 2.05) is 37.3 Å². The molecule has 1 aromatic heterocycles. The van der Waals surface area contributed by atoms with Crippen LogP contribution in [0.15, 0.2) is 30.3 Å². The first-order valence-electron chi connectivity index (χ1n) is 6.54. The van der Waals surface area contributed by atoms with E-state index in [2.05, 4.69) is 20.8 Å². The Morgan fingerprint density at radius 3 is 2.80 bits per heavy atom. The van der Waals surface area contributed by atoms with Gasteiger partial charge < -0.3 is 5.32 Å². The molecule has 108 valence electrons. The van der Waals surface area contributed by atoms with Crippen LogP contribution < -0.4 is 5.32 Å². The fourth-order valence-corrected chi connectivity index (χ4v) is 2.21. The maximum Gasteiger partial charge on any atom is 0.170 e. The number of nitrogens with zero attached hydrogens (tertiary/aromatic N) is 4. The van der Waals surface area contributed by atoms with Crippen LogP contribution in [0.5, 0.6) is 0 Å². The van der Waals surface area contributed by atoms with Gasteiger partial charge in [0.2, 0.25) is 0 Å². The summed E-state index contributed by atoms with van der Waals surface area (Å²) < 4.78 is 13.0. The van der Waals surface area contributed by atoms with Crippen molar-refractivity contribution in [3.05, 3.63) is 36.2 Å². The maximum atomic E-state index is 11.3. The van der Waals surface area contributed by atoms with Crippen molar-refractivity contribution in [2.24, 2.45) is 0 Å². The van der Waals surface area contributed by atoms with Crippen LogP contribution in [0.2, 0.25) is 0 Å². The van der Waals surface area contributed by atoms with E-state index < -0.39 is 10.8 Å². The average Bonchev–Trinajstić information content (AvgIpc) is 2.92. The second-order valence-corrected chi connectivity index (χ2v) is 6.42. The van der Waals surface area contributed by atoms with Gasteiger partial charge in [0.15, 0.2) is 5.82 Å². The first kappa shape index (κ1) is 14.8. The van der Waals surface area contributed by atoms with Crippen LogP contribution in [0, 0.1) is 0 Å². The van der Waals surface area contributed by atoms with Gasteiger partial charge in [-0.15, -0.1) is 5.10 Å². The number of tetrazole rings is 1. The lowest BCUT2D eigenvalue weighted by atomic mass is 10.3. The third-order valence-electron chi connectivity index (χ3n) is 3.11.